The van der Waals surface area contributed by atoms with Crippen molar-refractivity contribution in [3.8, 4) is 0 Å². The predicted molar refractivity (Wildman–Crippen MR) is 44.3 cm³/mol. The van der Waals surface area contributed by atoms with E-state index in [1.54, 1.807) is 0 Å². The van der Waals surface area contributed by atoms with Crippen LogP contribution in [0.4, 0.5) is 0 Å². The Kier molecular flexibility index (Phi) is 1.90. The molecule has 14 heavy (non-hydrogen) atoms. The molecule has 0 aromatic heterocycles. The van der Waals surface area contributed by atoms with E-state index in [0.29, 0.717) is 13.0 Å². The summed E-state index contributed by atoms with van der Waals surface area (Å²) in [6, 6.07) is -0.797. The van der Waals surface area contributed by atoms with E-state index in [0.717, 1.165) is 0 Å². The van der Waals surface area contributed by atoms with Gasteiger partial charge in [-0.1, -0.05) is 0 Å². The minimum absolute atomic E-state index is 0.0122. The van der Waals surface area contributed by atoms with Crippen molar-refractivity contribution in [2.75, 3.05) is 13.1 Å². The van der Waals surface area contributed by atoms with Gasteiger partial charge in [0.15, 0.2) is 0 Å². The van der Waals surface area contributed by atoms with Crippen LogP contribution in [0.3, 0.4) is 0 Å². The second-order valence-corrected chi connectivity index (χ2v) is 3.48. The molecule has 2 aliphatic heterocycles. The number of aliphatic carboxylic acids is 1. The monoisotopic (exact) mass is 198 g/mol. The van der Waals surface area contributed by atoms with Crippen molar-refractivity contribution >= 4 is 17.8 Å². The molecule has 2 saturated heterocycles. The van der Waals surface area contributed by atoms with Crippen molar-refractivity contribution in [2.24, 2.45) is 5.92 Å². The van der Waals surface area contributed by atoms with Crippen LogP contribution in [0.15, 0.2) is 0 Å². The number of carboxylic acid groups (broad SMARTS) is 1. The van der Waals surface area contributed by atoms with Crippen LogP contribution in [0.5, 0.6) is 0 Å². The average molecular weight is 198 g/mol. The van der Waals surface area contributed by atoms with Crippen LogP contribution in [0.2, 0.25) is 0 Å². The van der Waals surface area contributed by atoms with Gasteiger partial charge in [0.1, 0.15) is 6.04 Å². The van der Waals surface area contributed by atoms with Crippen LogP contribution >= 0.6 is 0 Å². The summed E-state index contributed by atoms with van der Waals surface area (Å²) in [6.07, 6.45) is 0.360. The van der Waals surface area contributed by atoms with Crippen molar-refractivity contribution in [3.63, 3.8) is 0 Å². The van der Waals surface area contributed by atoms with Gasteiger partial charge in [-0.2, -0.15) is 0 Å². The fourth-order valence-corrected chi connectivity index (χ4v) is 2.02. The number of amides is 2. The molecule has 6 nitrogen and oxygen atoms in total. The van der Waals surface area contributed by atoms with E-state index in [9.17, 15) is 14.4 Å². The van der Waals surface area contributed by atoms with Gasteiger partial charge >= 0.3 is 5.97 Å². The molecule has 2 fully saturated rings. The Morgan fingerprint density at radius 3 is 2.86 bits per heavy atom. The van der Waals surface area contributed by atoms with Gasteiger partial charge in [-0.15, -0.1) is 0 Å². The molecule has 2 unspecified atom stereocenters. The number of hydrogen-bond acceptors (Lipinski definition) is 3. The van der Waals surface area contributed by atoms with Gasteiger partial charge in [-0.25, -0.2) is 0 Å². The molecule has 0 saturated carbocycles. The topological polar surface area (TPSA) is 86.7 Å². The Balaban J connectivity index is 2.26. The fraction of sp³-hybridized carbons (Fsp3) is 0.625. The molecule has 0 radical (unpaired) electrons. The third kappa shape index (κ3) is 1.14. The van der Waals surface area contributed by atoms with Crippen molar-refractivity contribution in [3.05, 3.63) is 0 Å². The van der Waals surface area contributed by atoms with Crippen LogP contribution in [0.25, 0.3) is 0 Å². The lowest BCUT2D eigenvalue weighted by Gasteiger charge is -2.30. The number of fused-ring (bicyclic) bond motifs is 1. The molecular weight excluding hydrogens is 188 g/mol. The molecule has 0 aromatic rings. The average Bonchev–Trinajstić information content (AvgIpc) is 2.56. The summed E-state index contributed by atoms with van der Waals surface area (Å²) in [6.45, 7) is 0.357. The summed E-state index contributed by atoms with van der Waals surface area (Å²) < 4.78 is 0. The molecule has 2 atom stereocenters. The number of nitrogens with zero attached hydrogens (tertiary/aromatic N) is 1. The Hall–Kier alpha value is -1.59. The zero-order valence-corrected chi connectivity index (χ0v) is 7.40. The van der Waals surface area contributed by atoms with E-state index in [-0.39, 0.29) is 18.4 Å². The SMILES string of the molecule is O=C(O)C1CCN2C(=O)CNC(=O)C12. The Morgan fingerprint density at radius 2 is 2.21 bits per heavy atom. The summed E-state index contributed by atoms with van der Waals surface area (Å²) >= 11 is 0. The molecule has 0 spiro atoms. The minimum Gasteiger partial charge on any atom is -0.481 e. The zero-order valence-electron chi connectivity index (χ0n) is 7.40. The second kappa shape index (κ2) is 2.97. The molecule has 2 heterocycles. The van der Waals surface area contributed by atoms with Crippen LogP contribution in [0.1, 0.15) is 6.42 Å². The first-order chi connectivity index (χ1) is 6.61. The van der Waals surface area contributed by atoms with Gasteiger partial charge in [-0.3, -0.25) is 14.4 Å². The number of rotatable bonds is 1. The molecule has 6 heteroatoms. The first-order valence-electron chi connectivity index (χ1n) is 4.41. The van der Waals surface area contributed by atoms with E-state index in [1.807, 2.05) is 0 Å². The van der Waals surface area contributed by atoms with Crippen LogP contribution in [-0.2, 0) is 14.4 Å². The molecule has 2 amide bonds. The Bertz CT molecular complexity index is 308. The molecule has 0 aliphatic carbocycles. The normalized spacial score (nSPS) is 31.3. The number of carbonyl (C=O) groups excluding carboxylic acids is 2. The third-order valence-corrected chi connectivity index (χ3v) is 2.72. The number of carbonyl (C=O) groups is 3. The second-order valence-electron chi connectivity index (χ2n) is 3.48. The van der Waals surface area contributed by atoms with E-state index >= 15 is 0 Å². The first kappa shape index (κ1) is 8.98. The van der Waals surface area contributed by atoms with Crippen LogP contribution < -0.4 is 5.32 Å². The first-order valence-corrected chi connectivity index (χ1v) is 4.41. The fourth-order valence-electron chi connectivity index (χ4n) is 2.02. The molecule has 76 valence electrons. The van der Waals surface area contributed by atoms with Gasteiger partial charge < -0.3 is 15.3 Å². The highest BCUT2D eigenvalue weighted by molar-refractivity contribution is 5.98. The van der Waals surface area contributed by atoms with Crippen molar-refractivity contribution in [1.82, 2.24) is 10.2 Å². The third-order valence-electron chi connectivity index (χ3n) is 2.72. The summed E-state index contributed by atoms with van der Waals surface area (Å²) in [5.41, 5.74) is 0. The van der Waals surface area contributed by atoms with E-state index in [4.69, 9.17) is 5.11 Å². The Morgan fingerprint density at radius 1 is 1.50 bits per heavy atom. The molecule has 2 N–H and O–H groups in total. The molecule has 0 bridgehead atoms. The van der Waals surface area contributed by atoms with Crippen molar-refractivity contribution < 1.29 is 19.5 Å². The van der Waals surface area contributed by atoms with Crippen molar-refractivity contribution in [1.29, 1.82) is 0 Å². The zero-order chi connectivity index (χ0) is 10.3. The maximum Gasteiger partial charge on any atom is 0.309 e. The van der Waals surface area contributed by atoms with Gasteiger partial charge in [0.25, 0.3) is 0 Å². The highest BCUT2D eigenvalue weighted by atomic mass is 16.4. The van der Waals surface area contributed by atoms with E-state index in [2.05, 4.69) is 5.32 Å². The van der Waals surface area contributed by atoms with Gasteiger partial charge in [0.2, 0.25) is 11.8 Å². The summed E-state index contributed by atoms with van der Waals surface area (Å²) in [7, 11) is 0. The highest BCUT2D eigenvalue weighted by Crippen LogP contribution is 2.26. The largest absolute Gasteiger partial charge is 0.481 e. The molecule has 0 aromatic carbocycles. The van der Waals surface area contributed by atoms with E-state index in [1.165, 1.54) is 4.90 Å². The number of nitrogens with one attached hydrogen (secondary N) is 1. The maximum absolute atomic E-state index is 11.4. The summed E-state index contributed by atoms with van der Waals surface area (Å²) in [4.78, 5) is 34.8. The smallest absolute Gasteiger partial charge is 0.309 e. The summed E-state index contributed by atoms with van der Waals surface area (Å²) in [5.74, 6) is -2.31. The predicted octanol–water partition coefficient (Wildman–Crippen LogP) is -1.58. The van der Waals surface area contributed by atoms with E-state index < -0.39 is 17.9 Å². The number of piperazine rings is 1. The van der Waals surface area contributed by atoms with Crippen LogP contribution in [-0.4, -0.2) is 46.9 Å². The lowest BCUT2D eigenvalue weighted by molar-refractivity contribution is -0.150. The van der Waals surface area contributed by atoms with Crippen LogP contribution in [0, 0.1) is 5.92 Å². The molecule has 2 rings (SSSR count). The quantitative estimate of drug-likeness (QED) is 0.532. The standard InChI is InChI=1S/C8H10N2O4/c11-5-3-9-7(12)6-4(8(13)14)1-2-10(5)6/h4,6H,1-3H2,(H,9,12)(H,13,14). The molecule has 2 aliphatic rings. The van der Waals surface area contributed by atoms with Gasteiger partial charge in [0, 0.05) is 6.54 Å². The summed E-state index contributed by atoms with van der Waals surface area (Å²) in [5, 5.41) is 11.2. The van der Waals surface area contributed by atoms with Gasteiger partial charge in [-0.05, 0) is 6.42 Å². The maximum atomic E-state index is 11.4. The number of carboxylic acids is 1. The lowest BCUT2D eigenvalue weighted by Crippen LogP contribution is -2.58. The lowest BCUT2D eigenvalue weighted by atomic mass is 9.99. The highest BCUT2D eigenvalue weighted by Gasteiger charge is 2.47. The minimum atomic E-state index is -1.01. The number of hydrogen-bond donors (Lipinski definition) is 2. The Labute approximate surface area is 79.9 Å². The van der Waals surface area contributed by atoms with Crippen molar-refractivity contribution in [2.45, 2.75) is 12.5 Å². The van der Waals surface area contributed by atoms with Gasteiger partial charge in [0.05, 0.1) is 12.5 Å². The molecular formula is C8H10N2O4.